The summed E-state index contributed by atoms with van der Waals surface area (Å²) >= 11 is 4.44. The molecule has 12 heavy (non-hydrogen) atoms. The molecule has 0 aromatic carbocycles. The highest BCUT2D eigenvalue weighted by Gasteiger charge is 2.08. The van der Waals surface area contributed by atoms with Gasteiger partial charge in [-0.2, -0.15) is 8.42 Å². The third-order valence-corrected chi connectivity index (χ3v) is 1.71. The third-order valence-electron chi connectivity index (χ3n) is 0.862. The molecule has 0 aromatic heterocycles. The molecule has 0 bridgehead atoms. The van der Waals surface area contributed by atoms with Crippen molar-refractivity contribution in [2.24, 2.45) is 0 Å². The third kappa shape index (κ3) is 6.20. The van der Waals surface area contributed by atoms with Gasteiger partial charge in [0.25, 0.3) is 10.1 Å². The molecule has 7 heteroatoms. The smallest absolute Gasteiger partial charge is 0.344 e. The Labute approximate surface area is 75.5 Å². The molecule has 70 valence electrons. The molecule has 0 rings (SSSR count). The summed E-state index contributed by atoms with van der Waals surface area (Å²) in [5.41, 5.74) is 0. The van der Waals surface area contributed by atoms with Crippen LogP contribution in [-0.4, -0.2) is 36.2 Å². The van der Waals surface area contributed by atoms with Crippen molar-refractivity contribution in [3.05, 3.63) is 0 Å². The standard InChI is InChI=1S/C5H8O5S2/c1-4(11)5(6)10-2-3-12(7,8)9/h2-3H2,1H3,(H,7,8,9). The summed E-state index contributed by atoms with van der Waals surface area (Å²) in [5, 5.41) is 0. The Morgan fingerprint density at radius 1 is 1.58 bits per heavy atom. The van der Waals surface area contributed by atoms with Crippen LogP contribution in [0.3, 0.4) is 0 Å². The fourth-order valence-electron chi connectivity index (χ4n) is 0.341. The average molecular weight is 212 g/mol. The molecule has 0 fully saturated rings. The van der Waals surface area contributed by atoms with Gasteiger partial charge >= 0.3 is 5.97 Å². The number of carbonyl (C=O) groups excluding carboxylic acids is 1. The van der Waals surface area contributed by atoms with Crippen molar-refractivity contribution in [3.63, 3.8) is 0 Å². The van der Waals surface area contributed by atoms with Crippen molar-refractivity contribution >= 4 is 33.2 Å². The molecule has 0 aliphatic carbocycles. The zero-order valence-electron chi connectivity index (χ0n) is 6.31. The lowest BCUT2D eigenvalue weighted by molar-refractivity contribution is -0.134. The summed E-state index contributed by atoms with van der Waals surface area (Å²) in [6.07, 6.45) is 0. The quantitative estimate of drug-likeness (QED) is 0.395. The molecule has 0 aliphatic heterocycles. The fraction of sp³-hybridized carbons (Fsp3) is 0.600. The molecule has 1 N–H and O–H groups in total. The van der Waals surface area contributed by atoms with Crippen LogP contribution >= 0.6 is 12.2 Å². The van der Waals surface area contributed by atoms with E-state index in [-0.39, 0.29) is 11.5 Å². The lowest BCUT2D eigenvalue weighted by Crippen LogP contribution is -2.18. The minimum absolute atomic E-state index is 0.0188. The number of carbonyl (C=O) groups is 1. The molecule has 5 nitrogen and oxygen atoms in total. The maximum Gasteiger partial charge on any atom is 0.344 e. The average Bonchev–Trinajstić information content (AvgIpc) is 1.84. The largest absolute Gasteiger partial charge is 0.461 e. The van der Waals surface area contributed by atoms with Gasteiger partial charge < -0.3 is 4.74 Å². The molecule has 0 unspecified atom stereocenters. The second-order valence-electron chi connectivity index (χ2n) is 1.98. The first-order valence-corrected chi connectivity index (χ1v) is 4.97. The Kier molecular flexibility index (Phi) is 4.29. The maximum atomic E-state index is 10.6. The summed E-state index contributed by atoms with van der Waals surface area (Å²) in [4.78, 5) is 10.6. The van der Waals surface area contributed by atoms with Crippen LogP contribution < -0.4 is 0 Å². The van der Waals surface area contributed by atoms with E-state index in [9.17, 15) is 13.2 Å². The van der Waals surface area contributed by atoms with Gasteiger partial charge in [-0.05, 0) is 6.92 Å². The molecule has 0 heterocycles. The molecular formula is C5H8O5S2. The predicted octanol–water partition coefficient (Wildman–Crippen LogP) is -0.193. The second-order valence-corrected chi connectivity index (χ2v) is 4.16. The van der Waals surface area contributed by atoms with Crippen molar-refractivity contribution in [3.8, 4) is 0 Å². The lowest BCUT2D eigenvalue weighted by atomic mass is 10.5. The number of hydrogen-bond acceptors (Lipinski definition) is 5. The number of hydrogen-bond donors (Lipinski definition) is 1. The highest BCUT2D eigenvalue weighted by molar-refractivity contribution is 7.85. The highest BCUT2D eigenvalue weighted by atomic mass is 32.2. The normalized spacial score (nSPS) is 10.8. The van der Waals surface area contributed by atoms with E-state index >= 15 is 0 Å². The van der Waals surface area contributed by atoms with Crippen LogP contribution in [0.15, 0.2) is 0 Å². The SMILES string of the molecule is CC(=S)C(=O)OCCS(=O)(=O)O. The number of esters is 1. The van der Waals surface area contributed by atoms with Crippen molar-refractivity contribution in [1.29, 1.82) is 0 Å². The predicted molar refractivity (Wildman–Crippen MR) is 45.6 cm³/mol. The molecule has 0 atom stereocenters. The zero-order chi connectivity index (χ0) is 9.78. The van der Waals surface area contributed by atoms with Gasteiger partial charge in [-0.1, -0.05) is 12.2 Å². The minimum Gasteiger partial charge on any atom is -0.461 e. The van der Waals surface area contributed by atoms with Gasteiger partial charge in [0.05, 0.1) is 4.86 Å². The van der Waals surface area contributed by atoms with E-state index in [1.807, 2.05) is 0 Å². The first kappa shape index (κ1) is 11.5. The van der Waals surface area contributed by atoms with Crippen LogP contribution in [0.5, 0.6) is 0 Å². The lowest BCUT2D eigenvalue weighted by Gasteiger charge is -2.00. The topological polar surface area (TPSA) is 80.7 Å². The van der Waals surface area contributed by atoms with Gasteiger partial charge in [0.15, 0.2) is 0 Å². The minimum atomic E-state index is -4.07. The van der Waals surface area contributed by atoms with Crippen LogP contribution in [0.25, 0.3) is 0 Å². The van der Waals surface area contributed by atoms with Gasteiger partial charge in [0.1, 0.15) is 12.4 Å². The Balaban J connectivity index is 3.73. The van der Waals surface area contributed by atoms with Crippen molar-refractivity contribution in [1.82, 2.24) is 0 Å². The van der Waals surface area contributed by atoms with Crippen molar-refractivity contribution < 1.29 is 22.5 Å². The fourth-order valence-corrected chi connectivity index (χ4v) is 0.694. The van der Waals surface area contributed by atoms with Gasteiger partial charge in [-0.25, -0.2) is 4.79 Å². The number of rotatable bonds is 4. The van der Waals surface area contributed by atoms with E-state index in [0.29, 0.717) is 0 Å². The summed E-state index contributed by atoms with van der Waals surface area (Å²) in [6, 6.07) is 0. The monoisotopic (exact) mass is 212 g/mol. The maximum absolute atomic E-state index is 10.6. The van der Waals surface area contributed by atoms with E-state index in [1.54, 1.807) is 0 Å². The van der Waals surface area contributed by atoms with Crippen LogP contribution in [0.1, 0.15) is 6.92 Å². The van der Waals surface area contributed by atoms with Gasteiger partial charge in [0, 0.05) is 0 Å². The molecule has 0 saturated heterocycles. The van der Waals surface area contributed by atoms with Crippen LogP contribution in [0.4, 0.5) is 0 Å². The molecule has 0 amide bonds. The van der Waals surface area contributed by atoms with E-state index < -0.39 is 21.8 Å². The van der Waals surface area contributed by atoms with Crippen LogP contribution in [0, 0.1) is 0 Å². The molecular weight excluding hydrogens is 204 g/mol. The van der Waals surface area contributed by atoms with Crippen molar-refractivity contribution in [2.75, 3.05) is 12.4 Å². The summed E-state index contributed by atoms with van der Waals surface area (Å²) in [7, 11) is -4.07. The molecule has 0 aliphatic rings. The summed E-state index contributed by atoms with van der Waals surface area (Å²) in [5.74, 6) is -1.35. The van der Waals surface area contributed by atoms with Crippen LogP contribution in [-0.2, 0) is 19.6 Å². The molecule has 0 spiro atoms. The first-order valence-electron chi connectivity index (χ1n) is 2.96. The van der Waals surface area contributed by atoms with Gasteiger partial charge in [0.2, 0.25) is 0 Å². The van der Waals surface area contributed by atoms with E-state index in [2.05, 4.69) is 17.0 Å². The van der Waals surface area contributed by atoms with Gasteiger partial charge in [-0.15, -0.1) is 0 Å². The Morgan fingerprint density at radius 2 is 2.08 bits per heavy atom. The Hall–Kier alpha value is -0.530. The van der Waals surface area contributed by atoms with Crippen molar-refractivity contribution in [2.45, 2.75) is 6.92 Å². The Bertz CT molecular complexity index is 278. The molecule has 0 radical (unpaired) electrons. The Morgan fingerprint density at radius 3 is 2.42 bits per heavy atom. The number of thiocarbonyl (C=S) groups is 1. The van der Waals surface area contributed by atoms with E-state index in [1.165, 1.54) is 6.92 Å². The summed E-state index contributed by atoms with van der Waals surface area (Å²) < 4.78 is 32.8. The van der Waals surface area contributed by atoms with E-state index in [0.717, 1.165) is 0 Å². The van der Waals surface area contributed by atoms with Crippen LogP contribution in [0.2, 0.25) is 0 Å². The first-order chi connectivity index (χ1) is 5.33. The highest BCUT2D eigenvalue weighted by Crippen LogP contribution is 1.87. The van der Waals surface area contributed by atoms with E-state index in [4.69, 9.17) is 4.55 Å². The second kappa shape index (κ2) is 4.48. The zero-order valence-corrected chi connectivity index (χ0v) is 7.94. The molecule has 0 aromatic rings. The van der Waals surface area contributed by atoms with Gasteiger partial charge in [-0.3, -0.25) is 4.55 Å². The molecule has 0 saturated carbocycles. The number of ether oxygens (including phenoxy) is 1. The summed E-state index contributed by atoms with van der Waals surface area (Å²) in [6.45, 7) is 0.983.